The maximum atomic E-state index is 8.65. The molecule has 17 heavy (non-hydrogen) atoms. The first-order valence-electron chi connectivity index (χ1n) is 5.93. The van der Waals surface area contributed by atoms with E-state index in [1.165, 1.54) is 5.56 Å². The molecule has 0 aliphatic rings. The van der Waals surface area contributed by atoms with Gasteiger partial charge in [0.1, 0.15) is 5.82 Å². The van der Waals surface area contributed by atoms with Gasteiger partial charge in [0.15, 0.2) is 0 Å². The second-order valence-corrected chi connectivity index (χ2v) is 4.21. The fourth-order valence-corrected chi connectivity index (χ4v) is 1.54. The minimum absolute atomic E-state index is 0.272. The van der Waals surface area contributed by atoms with Gasteiger partial charge >= 0.3 is 0 Å². The minimum atomic E-state index is 0.272. The summed E-state index contributed by atoms with van der Waals surface area (Å²) in [5, 5.41) is 11.8. The van der Waals surface area contributed by atoms with Crippen molar-refractivity contribution < 1.29 is 0 Å². The summed E-state index contributed by atoms with van der Waals surface area (Å²) in [4.78, 5) is 6.48. The standard InChI is InChI=1S/C13H20N4/c1-4-15-13-6-5-12(9-16-13)10-17(3)11(2)7-8-14/h5-6,9,11H,4,7,10H2,1-3H3,(H,15,16). The number of nitrogens with one attached hydrogen (secondary N) is 1. The average Bonchev–Trinajstić information content (AvgIpc) is 2.32. The first-order valence-corrected chi connectivity index (χ1v) is 5.93. The number of hydrogen-bond donors (Lipinski definition) is 1. The van der Waals surface area contributed by atoms with Crippen LogP contribution >= 0.6 is 0 Å². The van der Waals surface area contributed by atoms with Gasteiger partial charge in [0, 0.05) is 25.3 Å². The SMILES string of the molecule is CCNc1ccc(CN(C)C(C)CC#N)cn1. The maximum absolute atomic E-state index is 8.65. The second kappa shape index (κ2) is 6.87. The van der Waals surface area contributed by atoms with Crippen molar-refractivity contribution in [1.29, 1.82) is 5.26 Å². The van der Waals surface area contributed by atoms with Crippen LogP contribution in [0.5, 0.6) is 0 Å². The van der Waals surface area contributed by atoms with E-state index < -0.39 is 0 Å². The summed E-state index contributed by atoms with van der Waals surface area (Å²) < 4.78 is 0. The summed E-state index contributed by atoms with van der Waals surface area (Å²) in [6.07, 6.45) is 2.44. The van der Waals surface area contributed by atoms with Gasteiger partial charge in [0.25, 0.3) is 0 Å². The molecule has 0 bridgehead atoms. The van der Waals surface area contributed by atoms with Crippen LogP contribution in [0.2, 0.25) is 0 Å². The molecule has 0 aliphatic heterocycles. The molecule has 0 aromatic carbocycles. The van der Waals surface area contributed by atoms with Gasteiger partial charge in [0.2, 0.25) is 0 Å². The third-order valence-corrected chi connectivity index (χ3v) is 2.75. The number of nitriles is 1. The Kier molecular flexibility index (Phi) is 5.44. The normalized spacial score (nSPS) is 12.2. The van der Waals surface area contributed by atoms with E-state index in [2.05, 4.69) is 34.3 Å². The molecule has 92 valence electrons. The summed E-state index contributed by atoms with van der Waals surface area (Å²) in [6.45, 7) is 5.81. The Morgan fingerprint density at radius 2 is 2.29 bits per heavy atom. The molecule has 0 saturated heterocycles. The summed E-state index contributed by atoms with van der Waals surface area (Å²) in [7, 11) is 2.03. The number of anilines is 1. The predicted molar refractivity (Wildman–Crippen MR) is 69.6 cm³/mol. The molecule has 1 aromatic heterocycles. The van der Waals surface area contributed by atoms with Crippen molar-refractivity contribution in [3.63, 3.8) is 0 Å². The lowest BCUT2D eigenvalue weighted by atomic mass is 10.2. The van der Waals surface area contributed by atoms with Crippen molar-refractivity contribution in [2.75, 3.05) is 18.9 Å². The quantitative estimate of drug-likeness (QED) is 0.817. The van der Waals surface area contributed by atoms with Gasteiger partial charge < -0.3 is 5.32 Å². The highest BCUT2D eigenvalue weighted by Crippen LogP contribution is 2.09. The number of hydrogen-bond acceptors (Lipinski definition) is 4. The Labute approximate surface area is 103 Å². The highest BCUT2D eigenvalue weighted by molar-refractivity contribution is 5.35. The summed E-state index contributed by atoms with van der Waals surface area (Å²) in [5.41, 5.74) is 1.17. The van der Waals surface area contributed by atoms with E-state index in [1.54, 1.807) is 0 Å². The van der Waals surface area contributed by atoms with E-state index in [-0.39, 0.29) is 6.04 Å². The lowest BCUT2D eigenvalue weighted by molar-refractivity contribution is 0.252. The van der Waals surface area contributed by atoms with E-state index in [0.29, 0.717) is 6.42 Å². The van der Waals surface area contributed by atoms with E-state index >= 15 is 0 Å². The van der Waals surface area contributed by atoms with E-state index in [4.69, 9.17) is 5.26 Å². The summed E-state index contributed by atoms with van der Waals surface area (Å²) in [6, 6.07) is 6.52. The Morgan fingerprint density at radius 1 is 1.53 bits per heavy atom. The number of nitrogens with zero attached hydrogens (tertiary/aromatic N) is 3. The maximum Gasteiger partial charge on any atom is 0.125 e. The van der Waals surface area contributed by atoms with Gasteiger partial charge in [0.05, 0.1) is 12.5 Å². The van der Waals surface area contributed by atoms with Crippen LogP contribution in [-0.2, 0) is 6.54 Å². The zero-order chi connectivity index (χ0) is 12.7. The van der Waals surface area contributed by atoms with Crippen LogP contribution in [-0.4, -0.2) is 29.5 Å². The molecule has 4 heteroatoms. The van der Waals surface area contributed by atoms with Crippen molar-refractivity contribution in [2.24, 2.45) is 0 Å². The molecule has 0 fully saturated rings. The van der Waals surface area contributed by atoms with Crippen LogP contribution in [0.1, 0.15) is 25.8 Å². The summed E-state index contributed by atoms with van der Waals surface area (Å²) >= 11 is 0. The van der Waals surface area contributed by atoms with Crippen molar-refractivity contribution in [3.05, 3.63) is 23.9 Å². The first kappa shape index (κ1) is 13.5. The lowest BCUT2D eigenvalue weighted by Gasteiger charge is -2.22. The number of aromatic nitrogens is 1. The highest BCUT2D eigenvalue weighted by Gasteiger charge is 2.09. The molecule has 1 heterocycles. The smallest absolute Gasteiger partial charge is 0.125 e. The van der Waals surface area contributed by atoms with Crippen molar-refractivity contribution in [3.8, 4) is 6.07 Å². The molecule has 0 radical (unpaired) electrons. The highest BCUT2D eigenvalue weighted by atomic mass is 15.1. The van der Waals surface area contributed by atoms with Gasteiger partial charge in [-0.15, -0.1) is 0 Å². The third kappa shape index (κ3) is 4.41. The minimum Gasteiger partial charge on any atom is -0.370 e. The zero-order valence-electron chi connectivity index (χ0n) is 10.8. The van der Waals surface area contributed by atoms with Gasteiger partial charge in [-0.3, -0.25) is 4.90 Å². The van der Waals surface area contributed by atoms with Gasteiger partial charge in [-0.2, -0.15) is 5.26 Å². The van der Waals surface area contributed by atoms with Crippen molar-refractivity contribution in [2.45, 2.75) is 32.9 Å². The van der Waals surface area contributed by atoms with Crippen LogP contribution < -0.4 is 5.32 Å². The van der Waals surface area contributed by atoms with Gasteiger partial charge in [-0.05, 0) is 32.5 Å². The topological polar surface area (TPSA) is 52.0 Å². The third-order valence-electron chi connectivity index (χ3n) is 2.75. The largest absolute Gasteiger partial charge is 0.370 e. The molecule has 1 aromatic rings. The monoisotopic (exact) mass is 232 g/mol. The molecule has 0 aliphatic carbocycles. The molecule has 1 N–H and O–H groups in total. The summed E-state index contributed by atoms with van der Waals surface area (Å²) in [5.74, 6) is 0.906. The fraction of sp³-hybridized carbons (Fsp3) is 0.538. The lowest BCUT2D eigenvalue weighted by Crippen LogP contribution is -2.28. The Morgan fingerprint density at radius 3 is 2.82 bits per heavy atom. The predicted octanol–water partition coefficient (Wildman–Crippen LogP) is 2.25. The van der Waals surface area contributed by atoms with Crippen LogP contribution in [0.3, 0.4) is 0 Å². The molecule has 0 saturated carbocycles. The first-order chi connectivity index (χ1) is 8.17. The molecular weight excluding hydrogens is 212 g/mol. The van der Waals surface area contributed by atoms with E-state index in [9.17, 15) is 0 Å². The molecule has 4 nitrogen and oxygen atoms in total. The van der Waals surface area contributed by atoms with Crippen molar-refractivity contribution >= 4 is 5.82 Å². The molecular formula is C13H20N4. The van der Waals surface area contributed by atoms with Crippen LogP contribution in [0, 0.1) is 11.3 Å². The molecule has 1 unspecified atom stereocenters. The number of pyridine rings is 1. The van der Waals surface area contributed by atoms with Crippen LogP contribution in [0.15, 0.2) is 18.3 Å². The second-order valence-electron chi connectivity index (χ2n) is 4.21. The Balaban J connectivity index is 2.54. The molecule has 0 spiro atoms. The zero-order valence-corrected chi connectivity index (χ0v) is 10.8. The van der Waals surface area contributed by atoms with Gasteiger partial charge in [-0.1, -0.05) is 6.07 Å². The van der Waals surface area contributed by atoms with E-state index in [1.807, 2.05) is 26.2 Å². The Bertz CT molecular complexity index is 366. The van der Waals surface area contributed by atoms with E-state index in [0.717, 1.165) is 18.9 Å². The Hall–Kier alpha value is -1.60. The molecule has 0 amide bonds. The van der Waals surface area contributed by atoms with Crippen molar-refractivity contribution in [1.82, 2.24) is 9.88 Å². The van der Waals surface area contributed by atoms with Gasteiger partial charge in [-0.25, -0.2) is 4.98 Å². The average molecular weight is 232 g/mol. The number of rotatable bonds is 6. The molecule has 1 rings (SSSR count). The molecule has 1 atom stereocenters. The fourth-order valence-electron chi connectivity index (χ4n) is 1.54. The van der Waals surface area contributed by atoms with Crippen LogP contribution in [0.25, 0.3) is 0 Å². The van der Waals surface area contributed by atoms with Crippen LogP contribution in [0.4, 0.5) is 5.82 Å².